The molecule has 140 valence electrons. The van der Waals surface area contributed by atoms with Gasteiger partial charge < -0.3 is 4.90 Å². The van der Waals surface area contributed by atoms with E-state index in [0.717, 1.165) is 10.5 Å². The first-order valence-corrected chi connectivity index (χ1v) is 10.8. The molecule has 1 aromatic heterocycles. The van der Waals surface area contributed by atoms with Gasteiger partial charge in [-0.1, -0.05) is 18.2 Å². The van der Waals surface area contributed by atoms with Gasteiger partial charge >= 0.3 is 0 Å². The van der Waals surface area contributed by atoms with Crippen molar-refractivity contribution in [3.8, 4) is 0 Å². The molecule has 0 aliphatic heterocycles. The van der Waals surface area contributed by atoms with Crippen LogP contribution in [0.3, 0.4) is 0 Å². The summed E-state index contributed by atoms with van der Waals surface area (Å²) in [4.78, 5) is 15.5. The second-order valence-corrected chi connectivity index (χ2v) is 8.83. The first-order chi connectivity index (χ1) is 12.3. The van der Waals surface area contributed by atoms with Gasteiger partial charge in [0.25, 0.3) is 5.91 Å². The van der Waals surface area contributed by atoms with Crippen LogP contribution in [0.4, 0.5) is 0 Å². The molecule has 1 N–H and O–H groups in total. The Kier molecular flexibility index (Phi) is 7.14. The van der Waals surface area contributed by atoms with Gasteiger partial charge in [0, 0.05) is 30.1 Å². The van der Waals surface area contributed by atoms with Gasteiger partial charge in [0.15, 0.2) is 0 Å². The standard InChI is InChI=1S/C19H24N2O3S2/c1-4-21(14-15(2)3)19(22)16-7-9-18(10-8-16)26(23,24)20-12-11-17-6-5-13-25-17/h5-10,13,20H,2,4,11-12,14H2,1,3H3. The van der Waals surface area contributed by atoms with Crippen LogP contribution in [-0.2, 0) is 16.4 Å². The minimum absolute atomic E-state index is 0.134. The number of likely N-dealkylation sites (N-methyl/N-ethyl adjacent to an activating group) is 1. The Hall–Kier alpha value is -1.96. The molecule has 0 saturated heterocycles. The quantitative estimate of drug-likeness (QED) is 0.666. The highest BCUT2D eigenvalue weighted by Crippen LogP contribution is 2.14. The molecule has 0 bridgehead atoms. The molecule has 0 spiro atoms. The van der Waals surface area contributed by atoms with Crippen LogP contribution in [0.2, 0.25) is 0 Å². The molecule has 5 nitrogen and oxygen atoms in total. The lowest BCUT2D eigenvalue weighted by molar-refractivity contribution is 0.0778. The topological polar surface area (TPSA) is 66.5 Å². The predicted octanol–water partition coefficient (Wildman–Crippen LogP) is 3.31. The average molecular weight is 393 g/mol. The Morgan fingerprint density at radius 1 is 1.23 bits per heavy atom. The monoisotopic (exact) mass is 392 g/mol. The Bertz CT molecular complexity index is 841. The van der Waals surface area contributed by atoms with Crippen molar-refractivity contribution < 1.29 is 13.2 Å². The molecule has 0 unspecified atom stereocenters. The highest BCUT2D eigenvalue weighted by atomic mass is 32.2. The molecule has 2 rings (SSSR count). The maximum atomic E-state index is 12.5. The lowest BCUT2D eigenvalue weighted by Crippen LogP contribution is -2.32. The third-order valence-electron chi connectivity index (χ3n) is 3.78. The van der Waals surface area contributed by atoms with Crippen molar-refractivity contribution in [1.82, 2.24) is 9.62 Å². The summed E-state index contributed by atoms with van der Waals surface area (Å²) < 4.78 is 27.3. The number of nitrogens with zero attached hydrogens (tertiary/aromatic N) is 1. The zero-order valence-electron chi connectivity index (χ0n) is 15.1. The van der Waals surface area contributed by atoms with Crippen LogP contribution in [-0.4, -0.2) is 38.9 Å². The summed E-state index contributed by atoms with van der Waals surface area (Å²) in [5.74, 6) is -0.134. The number of hydrogen-bond donors (Lipinski definition) is 1. The van der Waals surface area contributed by atoms with E-state index in [1.54, 1.807) is 28.4 Å². The fraction of sp³-hybridized carbons (Fsp3) is 0.316. The number of carbonyl (C=O) groups is 1. The molecule has 0 saturated carbocycles. The van der Waals surface area contributed by atoms with Gasteiger partial charge in [-0.05, 0) is 56.0 Å². The third-order valence-corrected chi connectivity index (χ3v) is 6.20. The van der Waals surface area contributed by atoms with E-state index in [1.807, 2.05) is 31.4 Å². The second-order valence-electron chi connectivity index (χ2n) is 6.03. The van der Waals surface area contributed by atoms with Crippen LogP contribution < -0.4 is 4.72 Å². The summed E-state index contributed by atoms with van der Waals surface area (Å²) >= 11 is 1.60. The summed E-state index contributed by atoms with van der Waals surface area (Å²) in [5.41, 5.74) is 1.36. The van der Waals surface area contributed by atoms with Crippen LogP contribution >= 0.6 is 11.3 Å². The van der Waals surface area contributed by atoms with Gasteiger partial charge in [-0.3, -0.25) is 4.79 Å². The zero-order chi connectivity index (χ0) is 19.2. The van der Waals surface area contributed by atoms with E-state index >= 15 is 0 Å². The Labute approximate surface area is 159 Å². The van der Waals surface area contributed by atoms with Crippen LogP contribution in [0.25, 0.3) is 0 Å². The second kappa shape index (κ2) is 9.12. The van der Waals surface area contributed by atoms with Crippen molar-refractivity contribution in [2.24, 2.45) is 0 Å². The normalized spacial score (nSPS) is 11.3. The van der Waals surface area contributed by atoms with E-state index in [1.165, 1.54) is 12.1 Å². The van der Waals surface area contributed by atoms with E-state index in [9.17, 15) is 13.2 Å². The lowest BCUT2D eigenvalue weighted by atomic mass is 10.2. The number of amides is 1. The lowest BCUT2D eigenvalue weighted by Gasteiger charge is -2.21. The number of benzene rings is 1. The highest BCUT2D eigenvalue weighted by Gasteiger charge is 2.17. The number of rotatable bonds is 9. The Morgan fingerprint density at radius 2 is 1.92 bits per heavy atom. The smallest absolute Gasteiger partial charge is 0.254 e. The molecule has 1 aromatic carbocycles. The van der Waals surface area contributed by atoms with Gasteiger partial charge in [0.2, 0.25) is 10.0 Å². The summed E-state index contributed by atoms with van der Waals surface area (Å²) in [6.45, 7) is 8.99. The van der Waals surface area contributed by atoms with E-state index in [0.29, 0.717) is 31.6 Å². The first kappa shape index (κ1) is 20.4. The van der Waals surface area contributed by atoms with E-state index < -0.39 is 10.0 Å². The fourth-order valence-corrected chi connectivity index (χ4v) is 4.20. The van der Waals surface area contributed by atoms with Crippen molar-refractivity contribution >= 4 is 27.3 Å². The minimum Gasteiger partial charge on any atom is -0.335 e. The number of nitrogens with one attached hydrogen (secondary N) is 1. The number of sulfonamides is 1. The summed E-state index contributed by atoms with van der Waals surface area (Å²) in [6.07, 6.45) is 0.653. The summed E-state index contributed by atoms with van der Waals surface area (Å²) in [5, 5.41) is 1.97. The van der Waals surface area contributed by atoms with Gasteiger partial charge in [-0.15, -0.1) is 11.3 Å². The van der Waals surface area contributed by atoms with E-state index in [4.69, 9.17) is 0 Å². The average Bonchev–Trinajstić information content (AvgIpc) is 3.12. The van der Waals surface area contributed by atoms with Crippen molar-refractivity contribution in [3.05, 3.63) is 64.4 Å². The molecule has 0 radical (unpaired) electrons. The molecular formula is C19H24N2O3S2. The van der Waals surface area contributed by atoms with Crippen LogP contribution in [0.5, 0.6) is 0 Å². The Balaban J connectivity index is 2.02. The zero-order valence-corrected chi connectivity index (χ0v) is 16.7. The van der Waals surface area contributed by atoms with Gasteiger partial charge in [-0.2, -0.15) is 0 Å². The highest BCUT2D eigenvalue weighted by molar-refractivity contribution is 7.89. The molecule has 1 heterocycles. The maximum Gasteiger partial charge on any atom is 0.254 e. The van der Waals surface area contributed by atoms with E-state index in [-0.39, 0.29) is 10.8 Å². The minimum atomic E-state index is -3.59. The van der Waals surface area contributed by atoms with E-state index in [2.05, 4.69) is 11.3 Å². The SMILES string of the molecule is C=C(C)CN(CC)C(=O)c1ccc(S(=O)(=O)NCCc2cccs2)cc1. The number of carbonyl (C=O) groups excluding carboxylic acids is 1. The maximum absolute atomic E-state index is 12.5. The third kappa shape index (κ3) is 5.52. The molecule has 26 heavy (non-hydrogen) atoms. The Morgan fingerprint density at radius 3 is 2.46 bits per heavy atom. The molecule has 0 fully saturated rings. The van der Waals surface area contributed by atoms with Gasteiger partial charge in [-0.25, -0.2) is 13.1 Å². The molecule has 0 aliphatic rings. The van der Waals surface area contributed by atoms with Crippen molar-refractivity contribution in [2.75, 3.05) is 19.6 Å². The molecule has 1 amide bonds. The summed E-state index contributed by atoms with van der Waals surface area (Å²) in [6, 6.07) is 9.96. The van der Waals surface area contributed by atoms with Gasteiger partial charge in [0.05, 0.1) is 4.90 Å². The van der Waals surface area contributed by atoms with Crippen LogP contribution in [0, 0.1) is 0 Å². The first-order valence-electron chi connectivity index (χ1n) is 8.39. The molecular weight excluding hydrogens is 368 g/mol. The number of hydrogen-bond acceptors (Lipinski definition) is 4. The molecule has 0 atom stereocenters. The molecule has 0 aliphatic carbocycles. The fourth-order valence-electron chi connectivity index (χ4n) is 2.46. The number of thiophene rings is 1. The van der Waals surface area contributed by atoms with Crippen molar-refractivity contribution in [1.29, 1.82) is 0 Å². The summed E-state index contributed by atoms with van der Waals surface area (Å²) in [7, 11) is -3.59. The predicted molar refractivity (Wildman–Crippen MR) is 106 cm³/mol. The van der Waals surface area contributed by atoms with Gasteiger partial charge in [0.1, 0.15) is 0 Å². The van der Waals surface area contributed by atoms with Crippen molar-refractivity contribution in [2.45, 2.75) is 25.2 Å². The van der Waals surface area contributed by atoms with Crippen LogP contribution in [0.1, 0.15) is 29.1 Å². The van der Waals surface area contributed by atoms with Crippen molar-refractivity contribution in [3.63, 3.8) is 0 Å². The largest absolute Gasteiger partial charge is 0.335 e. The molecule has 2 aromatic rings. The molecule has 7 heteroatoms. The van der Waals surface area contributed by atoms with Crippen LogP contribution in [0.15, 0.2) is 58.8 Å².